The molecular weight excluding hydrogens is 293 g/mol. The maximum atomic E-state index is 11.5. The van der Waals surface area contributed by atoms with E-state index in [0.29, 0.717) is 12.2 Å². The molecule has 1 unspecified atom stereocenters. The summed E-state index contributed by atoms with van der Waals surface area (Å²) < 4.78 is 14.2. The Hall–Kier alpha value is -0.910. The predicted molar refractivity (Wildman–Crippen MR) is 72.9 cm³/mol. The van der Waals surface area contributed by atoms with Crippen molar-refractivity contribution in [2.45, 2.75) is 25.8 Å². The Morgan fingerprint density at radius 2 is 1.84 bits per heavy atom. The molecule has 0 aromatic heterocycles. The minimum absolute atomic E-state index is 0.397. The van der Waals surface area contributed by atoms with Crippen molar-refractivity contribution in [3.8, 4) is 5.75 Å². The Morgan fingerprint density at radius 3 is 2.21 bits per heavy atom. The van der Waals surface area contributed by atoms with E-state index in [9.17, 15) is 4.79 Å². The van der Waals surface area contributed by atoms with Crippen LogP contribution in [0.3, 0.4) is 0 Å². The van der Waals surface area contributed by atoms with Crippen molar-refractivity contribution in [2.75, 3.05) is 0 Å². The molecule has 1 atom stereocenters. The van der Waals surface area contributed by atoms with Crippen molar-refractivity contribution in [1.82, 2.24) is 0 Å². The van der Waals surface area contributed by atoms with Gasteiger partial charge in [0.25, 0.3) is 0 Å². The standard InChI is InChI=1S/C11H15NO2.ClH2O3P/c1-3-11(2,12)10(13)14-9-7-5-4-6-8-9;1-5(2,3)4/h4-8H,3,12H2,1-2H3;(H2,2,3,4). The average molecular weight is 310 g/mol. The van der Waals surface area contributed by atoms with Crippen LogP contribution < -0.4 is 10.5 Å². The fourth-order valence-electron chi connectivity index (χ4n) is 0.856. The molecule has 0 bridgehead atoms. The Labute approximate surface area is 116 Å². The van der Waals surface area contributed by atoms with Gasteiger partial charge in [-0.15, -0.1) is 0 Å². The van der Waals surface area contributed by atoms with Crippen LogP contribution in [0.4, 0.5) is 0 Å². The first-order valence-electron chi connectivity index (χ1n) is 5.37. The maximum absolute atomic E-state index is 11.5. The molecule has 108 valence electrons. The van der Waals surface area contributed by atoms with E-state index >= 15 is 0 Å². The van der Waals surface area contributed by atoms with Gasteiger partial charge in [-0.3, -0.25) is 0 Å². The van der Waals surface area contributed by atoms with E-state index < -0.39 is 18.5 Å². The molecule has 0 amide bonds. The Morgan fingerprint density at radius 1 is 1.42 bits per heavy atom. The number of para-hydroxylation sites is 1. The lowest BCUT2D eigenvalue weighted by atomic mass is 10.0. The first kappa shape index (κ1) is 18.1. The summed E-state index contributed by atoms with van der Waals surface area (Å²) in [4.78, 5) is 26.3. The summed E-state index contributed by atoms with van der Waals surface area (Å²) in [6.07, 6.45) is 0.554. The lowest BCUT2D eigenvalue weighted by Gasteiger charge is -2.19. The Kier molecular flexibility index (Phi) is 7.26. The molecule has 0 saturated heterocycles. The number of rotatable bonds is 3. The second kappa shape index (κ2) is 7.62. The van der Waals surface area contributed by atoms with Crippen LogP contribution >= 0.6 is 18.2 Å². The summed E-state index contributed by atoms with van der Waals surface area (Å²) in [5.41, 5.74) is 4.83. The fraction of sp³-hybridized carbons (Fsp3) is 0.364. The second-order valence-corrected chi connectivity index (χ2v) is 6.21. The van der Waals surface area contributed by atoms with Gasteiger partial charge in [0.1, 0.15) is 11.3 Å². The number of esters is 1. The van der Waals surface area contributed by atoms with Gasteiger partial charge in [-0.05, 0) is 25.5 Å². The summed E-state index contributed by atoms with van der Waals surface area (Å²) in [7, 11) is 0. The van der Waals surface area contributed by atoms with E-state index in [1.165, 1.54) is 0 Å². The number of ether oxygens (including phenoxy) is 1. The van der Waals surface area contributed by atoms with E-state index in [1.807, 2.05) is 25.1 Å². The number of hydrogen-bond donors (Lipinski definition) is 3. The van der Waals surface area contributed by atoms with Gasteiger partial charge in [0.2, 0.25) is 0 Å². The number of nitrogens with two attached hydrogens (primary N) is 1. The van der Waals surface area contributed by atoms with Crippen LogP contribution in [0.15, 0.2) is 30.3 Å². The largest absolute Gasteiger partial charge is 0.425 e. The lowest BCUT2D eigenvalue weighted by molar-refractivity contribution is -0.139. The zero-order chi connectivity index (χ0) is 15.1. The minimum atomic E-state index is -4.17. The highest BCUT2D eigenvalue weighted by atomic mass is 35.7. The van der Waals surface area contributed by atoms with Crippen LogP contribution in [0.1, 0.15) is 20.3 Å². The van der Waals surface area contributed by atoms with Crippen LogP contribution in [-0.2, 0) is 9.36 Å². The third kappa shape index (κ3) is 9.64. The first-order valence-corrected chi connectivity index (χ1v) is 7.89. The predicted octanol–water partition coefficient (Wildman–Crippen LogP) is 2.04. The number of carbonyl (C=O) groups excluding carboxylic acids is 1. The molecule has 0 spiro atoms. The van der Waals surface area contributed by atoms with Crippen LogP contribution in [0.5, 0.6) is 5.75 Å². The molecule has 4 N–H and O–H groups in total. The average Bonchev–Trinajstić information content (AvgIpc) is 2.28. The molecule has 0 radical (unpaired) electrons. The van der Waals surface area contributed by atoms with E-state index in [4.69, 9.17) is 24.8 Å². The first-order chi connectivity index (χ1) is 8.56. The van der Waals surface area contributed by atoms with Gasteiger partial charge < -0.3 is 20.3 Å². The van der Waals surface area contributed by atoms with Gasteiger partial charge in [0.05, 0.1) is 0 Å². The maximum Gasteiger partial charge on any atom is 0.419 e. The van der Waals surface area contributed by atoms with E-state index in [1.54, 1.807) is 19.1 Å². The molecule has 1 aromatic rings. The second-order valence-electron chi connectivity index (χ2n) is 3.95. The van der Waals surface area contributed by atoms with Gasteiger partial charge in [-0.1, -0.05) is 25.1 Å². The van der Waals surface area contributed by atoms with E-state index in [-0.39, 0.29) is 0 Å². The van der Waals surface area contributed by atoms with Gasteiger partial charge in [-0.2, -0.15) is 0 Å². The fourth-order valence-corrected chi connectivity index (χ4v) is 0.856. The third-order valence-corrected chi connectivity index (χ3v) is 2.15. The molecule has 0 aliphatic heterocycles. The lowest BCUT2D eigenvalue weighted by Crippen LogP contribution is -2.46. The van der Waals surface area contributed by atoms with Crippen LogP contribution in [0, 0.1) is 0 Å². The van der Waals surface area contributed by atoms with Crippen molar-refractivity contribution in [3.63, 3.8) is 0 Å². The number of hydrogen-bond acceptors (Lipinski definition) is 4. The summed E-state index contributed by atoms with van der Waals surface area (Å²) in [5, 5.41) is 0. The highest BCUT2D eigenvalue weighted by Gasteiger charge is 2.28. The smallest absolute Gasteiger partial charge is 0.419 e. The summed E-state index contributed by atoms with van der Waals surface area (Å²) in [6.45, 7) is -0.648. The van der Waals surface area contributed by atoms with Gasteiger partial charge >= 0.3 is 12.9 Å². The molecule has 1 rings (SSSR count). The zero-order valence-electron chi connectivity index (χ0n) is 10.6. The monoisotopic (exact) mass is 309 g/mol. The number of halogens is 1. The van der Waals surface area contributed by atoms with E-state index in [2.05, 4.69) is 11.2 Å². The quantitative estimate of drug-likeness (QED) is 0.448. The molecule has 0 saturated carbocycles. The van der Waals surface area contributed by atoms with Crippen LogP contribution in [-0.4, -0.2) is 21.3 Å². The SMILES string of the molecule is CCC(C)(N)C(=O)Oc1ccccc1.O=P(O)(O)Cl. The topological polar surface area (TPSA) is 110 Å². The van der Waals surface area contributed by atoms with Crippen molar-refractivity contribution in [1.29, 1.82) is 0 Å². The molecule has 0 aliphatic rings. The van der Waals surface area contributed by atoms with Crippen molar-refractivity contribution in [3.05, 3.63) is 30.3 Å². The molecule has 0 heterocycles. The summed E-state index contributed by atoms with van der Waals surface area (Å²) in [6, 6.07) is 8.93. The number of carbonyl (C=O) groups is 1. The highest BCUT2D eigenvalue weighted by Crippen LogP contribution is 2.39. The molecule has 0 aliphatic carbocycles. The summed E-state index contributed by atoms with van der Waals surface area (Å²) in [5.74, 6) is 0.133. The third-order valence-electron chi connectivity index (χ3n) is 2.15. The molecule has 0 fully saturated rings. The molecular formula is C11H17ClNO5P. The molecule has 8 heteroatoms. The van der Waals surface area contributed by atoms with Crippen molar-refractivity contribution in [2.24, 2.45) is 5.73 Å². The van der Waals surface area contributed by atoms with Crippen molar-refractivity contribution >= 4 is 24.2 Å². The molecule has 6 nitrogen and oxygen atoms in total. The van der Waals surface area contributed by atoms with Crippen LogP contribution in [0.2, 0.25) is 0 Å². The van der Waals surface area contributed by atoms with Gasteiger partial charge in [0, 0.05) is 11.2 Å². The van der Waals surface area contributed by atoms with Gasteiger partial charge in [-0.25, -0.2) is 9.36 Å². The normalized spacial score (nSPS) is 13.8. The van der Waals surface area contributed by atoms with Gasteiger partial charge in [0.15, 0.2) is 0 Å². The molecule has 19 heavy (non-hydrogen) atoms. The summed E-state index contributed by atoms with van der Waals surface area (Å²) >= 11 is 4.20. The Balaban J connectivity index is 0.000000555. The Bertz CT molecular complexity index is 437. The highest BCUT2D eigenvalue weighted by molar-refractivity contribution is 7.79. The molecule has 1 aromatic carbocycles. The van der Waals surface area contributed by atoms with E-state index in [0.717, 1.165) is 0 Å². The van der Waals surface area contributed by atoms with Crippen molar-refractivity contribution < 1.29 is 23.9 Å². The number of benzene rings is 1. The van der Waals surface area contributed by atoms with Crippen LogP contribution in [0.25, 0.3) is 0 Å². The zero-order valence-corrected chi connectivity index (χ0v) is 12.3. The minimum Gasteiger partial charge on any atom is -0.425 e.